The van der Waals surface area contributed by atoms with Crippen LogP contribution in [0.4, 0.5) is 0 Å². The highest BCUT2D eigenvalue weighted by atomic mass is 15.5. The number of nitrogens with zero attached hydrogens (tertiary/aromatic N) is 4. The number of aromatic nitrogens is 4. The van der Waals surface area contributed by atoms with Crippen molar-refractivity contribution >= 4 is 0 Å². The van der Waals surface area contributed by atoms with Gasteiger partial charge in [-0.1, -0.05) is 29.4 Å². The van der Waals surface area contributed by atoms with Gasteiger partial charge in [0.05, 0.1) is 0 Å². The molecule has 1 aliphatic heterocycles. The summed E-state index contributed by atoms with van der Waals surface area (Å²) in [6.45, 7) is 2.48. The molecule has 0 radical (unpaired) electrons. The molecule has 0 amide bonds. The lowest BCUT2D eigenvalue weighted by atomic mass is 9.97. The largest absolute Gasteiger partial charge is 0.375 e. The lowest BCUT2D eigenvalue weighted by molar-refractivity contribution is 0.278. The number of piperidine rings is 1. The predicted octanol–water partition coefficient (Wildman–Crippen LogP) is 3.78. The van der Waals surface area contributed by atoms with Crippen LogP contribution in [0.25, 0.3) is 0 Å². The lowest BCUT2D eigenvalue weighted by Gasteiger charge is -2.34. The number of allylic oxidation sites excluding steroid dienone is 4. The third-order valence-electron chi connectivity index (χ3n) is 4.99. The van der Waals surface area contributed by atoms with Crippen LogP contribution in [-0.4, -0.2) is 38.6 Å². The Morgan fingerprint density at radius 2 is 1.87 bits per heavy atom. The van der Waals surface area contributed by atoms with Gasteiger partial charge in [0.1, 0.15) is 0 Å². The number of tetrazole rings is 1. The molecule has 1 aromatic heterocycles. The fraction of sp³-hybridized carbons (Fsp3) is 0.722. The van der Waals surface area contributed by atoms with Crippen LogP contribution < -0.4 is 0 Å². The molecule has 1 fully saturated rings. The predicted molar refractivity (Wildman–Crippen MR) is 91.8 cm³/mol. The molecule has 23 heavy (non-hydrogen) atoms. The molecule has 2 aliphatic rings. The number of hydrogen-bond donors (Lipinski definition) is 1. The molecule has 1 aliphatic carbocycles. The summed E-state index contributed by atoms with van der Waals surface area (Å²) in [5.41, 5.74) is 3.43. The molecule has 0 atom stereocenters. The summed E-state index contributed by atoms with van der Waals surface area (Å²) in [4.78, 5) is 2.69. The second-order valence-electron chi connectivity index (χ2n) is 6.68. The van der Waals surface area contributed by atoms with E-state index in [0.717, 1.165) is 18.7 Å². The number of H-pyrrole nitrogens is 1. The van der Waals surface area contributed by atoms with Gasteiger partial charge in [0.2, 0.25) is 0 Å². The highest BCUT2D eigenvalue weighted by Gasteiger charge is 2.18. The van der Waals surface area contributed by atoms with Crippen molar-refractivity contribution in [3.63, 3.8) is 0 Å². The Balaban J connectivity index is 1.45. The van der Waals surface area contributed by atoms with Crippen LogP contribution in [0.2, 0.25) is 0 Å². The number of rotatable bonds is 6. The van der Waals surface area contributed by atoms with E-state index in [0.29, 0.717) is 0 Å². The van der Waals surface area contributed by atoms with Gasteiger partial charge < -0.3 is 4.90 Å². The van der Waals surface area contributed by atoms with Crippen LogP contribution in [0.3, 0.4) is 0 Å². The van der Waals surface area contributed by atoms with E-state index < -0.39 is 0 Å². The number of likely N-dealkylation sites (tertiary alicyclic amines) is 1. The van der Waals surface area contributed by atoms with Crippen molar-refractivity contribution < 1.29 is 0 Å². The van der Waals surface area contributed by atoms with Crippen LogP contribution >= 0.6 is 0 Å². The normalized spacial score (nSPS) is 19.2. The number of nitrogens with one attached hydrogen (secondary N) is 1. The Hall–Kier alpha value is -1.65. The molecule has 1 N–H and O–H groups in total. The van der Waals surface area contributed by atoms with Crippen LogP contribution in [0, 0.1) is 0 Å². The standard InChI is InChI=1S/C18H29N5/c1-2-5-11-16(10-4-1)17-12-7-9-15-23(17)14-8-3-6-13-18-19-21-22-20-18/h1-2H,3-15H2,(H,19,20,21,22). The maximum atomic E-state index is 4.01. The van der Waals surface area contributed by atoms with E-state index >= 15 is 0 Å². The first-order valence-corrected chi connectivity index (χ1v) is 9.26. The molecule has 0 saturated carbocycles. The Morgan fingerprint density at radius 1 is 1.00 bits per heavy atom. The van der Waals surface area contributed by atoms with Crippen molar-refractivity contribution in [2.75, 3.05) is 13.1 Å². The Bertz CT molecular complexity index is 506. The summed E-state index contributed by atoms with van der Waals surface area (Å²) in [5.74, 6) is 0.844. The Morgan fingerprint density at radius 3 is 2.65 bits per heavy atom. The highest BCUT2D eigenvalue weighted by Crippen LogP contribution is 2.30. The molecule has 0 unspecified atom stereocenters. The SMILES string of the molecule is C1=CCCC(=C2CCCCN2CCCCCc2nn[nH]n2)CC1. The van der Waals surface area contributed by atoms with Gasteiger partial charge in [0.25, 0.3) is 0 Å². The first-order valence-electron chi connectivity index (χ1n) is 9.26. The van der Waals surface area contributed by atoms with Crippen LogP contribution in [0.5, 0.6) is 0 Å². The number of aryl methyl sites for hydroxylation is 1. The van der Waals surface area contributed by atoms with Gasteiger partial charge in [-0.3, -0.25) is 0 Å². The van der Waals surface area contributed by atoms with Gasteiger partial charge in [0.15, 0.2) is 5.82 Å². The molecule has 2 heterocycles. The van der Waals surface area contributed by atoms with Crippen molar-refractivity contribution in [3.05, 3.63) is 29.2 Å². The van der Waals surface area contributed by atoms with Crippen LogP contribution in [0.15, 0.2) is 23.4 Å². The van der Waals surface area contributed by atoms with E-state index in [1.165, 1.54) is 70.9 Å². The van der Waals surface area contributed by atoms with E-state index in [1.807, 2.05) is 0 Å². The van der Waals surface area contributed by atoms with Gasteiger partial charge in [0, 0.05) is 25.2 Å². The van der Waals surface area contributed by atoms with Crippen molar-refractivity contribution in [2.24, 2.45) is 0 Å². The molecule has 1 aromatic rings. The maximum absolute atomic E-state index is 4.01. The highest BCUT2D eigenvalue weighted by molar-refractivity contribution is 5.18. The molecular weight excluding hydrogens is 286 g/mol. The van der Waals surface area contributed by atoms with Gasteiger partial charge in [-0.2, -0.15) is 5.21 Å². The van der Waals surface area contributed by atoms with Gasteiger partial charge in [-0.25, -0.2) is 0 Å². The first-order chi connectivity index (χ1) is 11.4. The summed E-state index contributed by atoms with van der Waals surface area (Å²) in [5, 5.41) is 14.2. The number of aromatic amines is 1. The Labute approximate surface area is 139 Å². The summed E-state index contributed by atoms with van der Waals surface area (Å²) >= 11 is 0. The van der Waals surface area contributed by atoms with Crippen molar-refractivity contribution in [1.29, 1.82) is 0 Å². The maximum Gasteiger partial charge on any atom is 0.174 e. The fourth-order valence-corrected chi connectivity index (χ4v) is 3.75. The summed E-state index contributed by atoms with van der Waals surface area (Å²) in [6, 6.07) is 0. The van der Waals surface area contributed by atoms with E-state index in [9.17, 15) is 0 Å². The molecule has 5 nitrogen and oxygen atoms in total. The van der Waals surface area contributed by atoms with Crippen LogP contribution in [0.1, 0.15) is 70.0 Å². The topological polar surface area (TPSA) is 57.7 Å². The van der Waals surface area contributed by atoms with Gasteiger partial charge in [-0.05, 0) is 57.8 Å². The number of hydrogen-bond acceptors (Lipinski definition) is 4. The second kappa shape index (κ2) is 8.85. The third-order valence-corrected chi connectivity index (χ3v) is 4.99. The minimum atomic E-state index is 0.844. The zero-order valence-corrected chi connectivity index (χ0v) is 14.1. The molecule has 1 saturated heterocycles. The monoisotopic (exact) mass is 315 g/mol. The fourth-order valence-electron chi connectivity index (χ4n) is 3.75. The molecule has 0 aromatic carbocycles. The lowest BCUT2D eigenvalue weighted by Crippen LogP contribution is -2.30. The quantitative estimate of drug-likeness (QED) is 0.641. The average molecular weight is 315 g/mol. The van der Waals surface area contributed by atoms with Crippen LogP contribution in [-0.2, 0) is 6.42 Å². The van der Waals surface area contributed by atoms with Crippen molar-refractivity contribution in [1.82, 2.24) is 25.5 Å². The Kier molecular flexibility index (Phi) is 6.24. The average Bonchev–Trinajstić information content (AvgIpc) is 2.95. The second-order valence-corrected chi connectivity index (χ2v) is 6.68. The van der Waals surface area contributed by atoms with E-state index in [-0.39, 0.29) is 0 Å². The molecule has 0 bridgehead atoms. The molecule has 126 valence electrons. The third kappa shape index (κ3) is 4.91. The zero-order chi connectivity index (χ0) is 15.7. The van der Waals surface area contributed by atoms with E-state index in [1.54, 1.807) is 11.3 Å². The van der Waals surface area contributed by atoms with Gasteiger partial charge in [-0.15, -0.1) is 10.2 Å². The summed E-state index contributed by atoms with van der Waals surface area (Å²) in [6.07, 6.45) is 18.4. The van der Waals surface area contributed by atoms with Gasteiger partial charge >= 0.3 is 0 Å². The molecule has 0 spiro atoms. The van der Waals surface area contributed by atoms with E-state index in [2.05, 4.69) is 37.7 Å². The van der Waals surface area contributed by atoms with Crippen molar-refractivity contribution in [3.8, 4) is 0 Å². The van der Waals surface area contributed by atoms with E-state index in [4.69, 9.17) is 0 Å². The molecule has 5 heteroatoms. The zero-order valence-electron chi connectivity index (χ0n) is 14.1. The first kappa shape index (κ1) is 16.2. The summed E-state index contributed by atoms with van der Waals surface area (Å²) < 4.78 is 0. The minimum absolute atomic E-state index is 0.844. The molecule has 3 rings (SSSR count). The smallest absolute Gasteiger partial charge is 0.174 e. The number of unbranched alkanes of at least 4 members (excludes halogenated alkanes) is 2. The minimum Gasteiger partial charge on any atom is -0.375 e. The molecular formula is C18H29N5. The summed E-state index contributed by atoms with van der Waals surface area (Å²) in [7, 11) is 0. The van der Waals surface area contributed by atoms with Crippen molar-refractivity contribution in [2.45, 2.75) is 70.6 Å².